The molecule has 0 aliphatic heterocycles. The van der Waals surface area contributed by atoms with Crippen LogP contribution in [-0.2, 0) is 0 Å². The Balaban J connectivity index is 2.95. The molecule has 0 unspecified atom stereocenters. The molecule has 66 valence electrons. The first kappa shape index (κ1) is 8.66. The Morgan fingerprint density at radius 1 is 1.46 bits per heavy atom. The highest BCUT2D eigenvalue weighted by atomic mass is 35.5. The number of carbonyl (C=O) groups excluding carboxylic acids is 1. The molecule has 0 amide bonds. The molecule has 0 saturated heterocycles. The first-order valence-electron chi connectivity index (χ1n) is 3.54. The summed E-state index contributed by atoms with van der Waals surface area (Å²) in [6, 6.07) is 2.76. The third-order valence-corrected chi connectivity index (χ3v) is 3.24. The molecular weight excluding hydrogens is 211 g/mol. The van der Waals surface area contributed by atoms with E-state index in [2.05, 4.69) is 0 Å². The summed E-state index contributed by atoms with van der Waals surface area (Å²) >= 11 is 7.10. The van der Waals surface area contributed by atoms with Crippen molar-refractivity contribution in [2.75, 3.05) is 0 Å². The summed E-state index contributed by atoms with van der Waals surface area (Å²) in [5.74, 6) is -0.400. The van der Waals surface area contributed by atoms with E-state index in [9.17, 15) is 9.18 Å². The van der Waals surface area contributed by atoms with Gasteiger partial charge in [-0.3, -0.25) is 4.79 Å². The molecule has 2 rings (SSSR count). The van der Waals surface area contributed by atoms with Crippen LogP contribution in [0.5, 0.6) is 0 Å². The van der Waals surface area contributed by atoms with E-state index in [4.69, 9.17) is 11.6 Å². The van der Waals surface area contributed by atoms with Gasteiger partial charge in [0, 0.05) is 16.3 Å². The maximum atomic E-state index is 13.2. The van der Waals surface area contributed by atoms with Gasteiger partial charge in [0.2, 0.25) is 0 Å². The number of hydrogen-bond acceptors (Lipinski definition) is 2. The second kappa shape index (κ2) is 3.09. The summed E-state index contributed by atoms with van der Waals surface area (Å²) in [6.45, 7) is 0. The molecule has 2 aromatic rings. The predicted octanol–water partition coefficient (Wildman–Crippen LogP) is 3.51. The molecule has 0 N–H and O–H groups in total. The van der Waals surface area contributed by atoms with E-state index in [1.54, 1.807) is 5.38 Å². The molecule has 4 heteroatoms. The van der Waals surface area contributed by atoms with Crippen LogP contribution in [0.25, 0.3) is 10.1 Å². The van der Waals surface area contributed by atoms with Crippen LogP contribution in [0.3, 0.4) is 0 Å². The fourth-order valence-electron chi connectivity index (χ4n) is 1.19. The molecule has 1 aromatic carbocycles. The van der Waals surface area contributed by atoms with E-state index in [1.807, 2.05) is 0 Å². The summed E-state index contributed by atoms with van der Waals surface area (Å²) in [6.07, 6.45) is 0.637. The van der Waals surface area contributed by atoms with Crippen molar-refractivity contribution in [1.29, 1.82) is 0 Å². The molecule has 13 heavy (non-hydrogen) atoms. The van der Waals surface area contributed by atoms with Gasteiger partial charge in [-0.1, -0.05) is 11.6 Å². The van der Waals surface area contributed by atoms with E-state index in [1.165, 1.54) is 23.5 Å². The van der Waals surface area contributed by atoms with Crippen LogP contribution in [-0.4, -0.2) is 6.29 Å². The number of halogens is 2. The van der Waals surface area contributed by atoms with Gasteiger partial charge >= 0.3 is 0 Å². The fourth-order valence-corrected chi connectivity index (χ4v) is 2.41. The maximum Gasteiger partial charge on any atom is 0.151 e. The molecule has 1 aromatic heterocycles. The number of thiophene rings is 1. The molecule has 1 nitrogen and oxygen atoms in total. The monoisotopic (exact) mass is 214 g/mol. The molecule has 0 bridgehead atoms. The fraction of sp³-hybridized carbons (Fsp3) is 0. The second-order valence-corrected chi connectivity index (χ2v) is 3.83. The molecule has 0 atom stereocenters. The Hall–Kier alpha value is -0.930. The minimum Gasteiger partial charge on any atom is -0.298 e. The van der Waals surface area contributed by atoms with Crippen LogP contribution in [0.15, 0.2) is 17.5 Å². The van der Waals surface area contributed by atoms with E-state index >= 15 is 0 Å². The number of fused-ring (bicyclic) bond motifs is 1. The van der Waals surface area contributed by atoms with Crippen molar-refractivity contribution in [3.05, 3.63) is 33.9 Å². The molecule has 1 heterocycles. The lowest BCUT2D eigenvalue weighted by Gasteiger charge is -1.95. The number of rotatable bonds is 1. The summed E-state index contributed by atoms with van der Waals surface area (Å²) in [5.41, 5.74) is 0.361. The number of hydrogen-bond donors (Lipinski definition) is 0. The molecule has 0 aliphatic rings. The summed E-state index contributed by atoms with van der Waals surface area (Å²) in [5, 5.41) is 2.41. The normalized spacial score (nSPS) is 10.6. The summed E-state index contributed by atoms with van der Waals surface area (Å²) < 4.78 is 13.9. The minimum atomic E-state index is -0.400. The largest absolute Gasteiger partial charge is 0.298 e. The average Bonchev–Trinajstić information content (AvgIpc) is 2.56. The zero-order valence-corrected chi connectivity index (χ0v) is 7.95. The molecule has 0 aliphatic carbocycles. The molecule has 0 spiro atoms. The second-order valence-electron chi connectivity index (χ2n) is 2.54. The zero-order valence-electron chi connectivity index (χ0n) is 6.38. The van der Waals surface area contributed by atoms with Crippen molar-refractivity contribution in [3.8, 4) is 0 Å². The van der Waals surface area contributed by atoms with Gasteiger partial charge < -0.3 is 0 Å². The zero-order chi connectivity index (χ0) is 9.42. The number of aldehydes is 1. The van der Waals surface area contributed by atoms with Gasteiger partial charge in [-0.2, -0.15) is 0 Å². The maximum absolute atomic E-state index is 13.2. The molecular formula is C9H4ClFOS. The first-order valence-corrected chi connectivity index (χ1v) is 4.80. The number of carbonyl (C=O) groups is 1. The third kappa shape index (κ3) is 1.24. The number of benzene rings is 1. The molecule has 0 fully saturated rings. The topological polar surface area (TPSA) is 17.1 Å². The van der Waals surface area contributed by atoms with Crippen molar-refractivity contribution in [2.24, 2.45) is 0 Å². The Morgan fingerprint density at radius 2 is 2.23 bits per heavy atom. The van der Waals surface area contributed by atoms with Crippen molar-refractivity contribution >= 4 is 39.3 Å². The highest BCUT2D eigenvalue weighted by Gasteiger charge is 2.10. The van der Waals surface area contributed by atoms with Gasteiger partial charge in [0.25, 0.3) is 0 Å². The lowest BCUT2D eigenvalue weighted by Crippen LogP contribution is -1.80. The average molecular weight is 215 g/mol. The van der Waals surface area contributed by atoms with Crippen molar-refractivity contribution in [2.45, 2.75) is 0 Å². The van der Waals surface area contributed by atoms with Crippen molar-refractivity contribution < 1.29 is 9.18 Å². The van der Waals surface area contributed by atoms with Crippen molar-refractivity contribution in [1.82, 2.24) is 0 Å². The van der Waals surface area contributed by atoms with Crippen LogP contribution in [0.2, 0.25) is 5.02 Å². The lowest BCUT2D eigenvalue weighted by molar-refractivity contribution is 0.112. The van der Waals surface area contributed by atoms with E-state index in [0.717, 1.165) is 0 Å². The van der Waals surface area contributed by atoms with Gasteiger partial charge in [-0.25, -0.2) is 4.39 Å². The smallest absolute Gasteiger partial charge is 0.151 e. The quantitative estimate of drug-likeness (QED) is 0.664. The van der Waals surface area contributed by atoms with E-state index in [0.29, 0.717) is 27.0 Å². The van der Waals surface area contributed by atoms with Gasteiger partial charge in [-0.05, 0) is 12.1 Å². The van der Waals surface area contributed by atoms with Crippen LogP contribution in [0.1, 0.15) is 10.4 Å². The Bertz CT molecular complexity index is 478. The van der Waals surface area contributed by atoms with Gasteiger partial charge in [0.05, 0.1) is 9.72 Å². The standard InChI is InChI=1S/C9H4ClFOS/c10-6-1-2-7(11)8-5(3-12)4-13-9(6)8/h1-4H. The minimum absolute atomic E-state index is 0.326. The van der Waals surface area contributed by atoms with Crippen molar-refractivity contribution in [3.63, 3.8) is 0 Å². The van der Waals surface area contributed by atoms with E-state index < -0.39 is 5.82 Å². The van der Waals surface area contributed by atoms with E-state index in [-0.39, 0.29) is 0 Å². The Morgan fingerprint density at radius 3 is 2.92 bits per heavy atom. The Labute approximate surface area is 82.7 Å². The third-order valence-electron chi connectivity index (χ3n) is 1.78. The Kier molecular flexibility index (Phi) is 2.06. The predicted molar refractivity (Wildman–Crippen MR) is 52.2 cm³/mol. The van der Waals surface area contributed by atoms with Crippen LogP contribution < -0.4 is 0 Å². The van der Waals surface area contributed by atoms with Gasteiger partial charge in [-0.15, -0.1) is 11.3 Å². The lowest BCUT2D eigenvalue weighted by atomic mass is 10.2. The van der Waals surface area contributed by atoms with Crippen LogP contribution in [0, 0.1) is 5.82 Å². The molecule has 0 saturated carbocycles. The first-order chi connectivity index (χ1) is 6.24. The highest BCUT2D eigenvalue weighted by Crippen LogP contribution is 2.33. The van der Waals surface area contributed by atoms with Gasteiger partial charge in [0.1, 0.15) is 5.82 Å². The molecule has 0 radical (unpaired) electrons. The van der Waals surface area contributed by atoms with Crippen LogP contribution in [0.4, 0.5) is 4.39 Å². The van der Waals surface area contributed by atoms with Gasteiger partial charge in [0.15, 0.2) is 6.29 Å². The summed E-state index contributed by atoms with van der Waals surface area (Å²) in [7, 11) is 0. The van der Waals surface area contributed by atoms with Crippen LogP contribution >= 0.6 is 22.9 Å². The summed E-state index contributed by atoms with van der Waals surface area (Å²) in [4.78, 5) is 10.5. The highest BCUT2D eigenvalue weighted by molar-refractivity contribution is 7.18. The SMILES string of the molecule is O=Cc1csc2c(Cl)ccc(F)c12.